The van der Waals surface area contributed by atoms with Crippen LogP contribution in [0.25, 0.3) is 11.0 Å². The van der Waals surface area contributed by atoms with Gasteiger partial charge in [0.1, 0.15) is 28.8 Å². The molecule has 31 heavy (non-hydrogen) atoms. The van der Waals surface area contributed by atoms with Crippen molar-refractivity contribution in [1.29, 1.82) is 0 Å². The summed E-state index contributed by atoms with van der Waals surface area (Å²) in [4.78, 5) is 8.50. The molecule has 1 aromatic carbocycles. The van der Waals surface area contributed by atoms with Crippen molar-refractivity contribution >= 4 is 22.6 Å². The van der Waals surface area contributed by atoms with E-state index in [-0.39, 0.29) is 19.0 Å². The fraction of sp³-hybridized carbons (Fsp3) is 0.455. The van der Waals surface area contributed by atoms with E-state index in [2.05, 4.69) is 16.9 Å². The van der Waals surface area contributed by atoms with Gasteiger partial charge in [-0.2, -0.15) is 0 Å². The number of hydrogen-bond donors (Lipinski definition) is 0. The Balaban J connectivity index is 1.38. The number of benzene rings is 1. The van der Waals surface area contributed by atoms with Crippen LogP contribution in [-0.2, 0) is 20.6 Å². The van der Waals surface area contributed by atoms with Gasteiger partial charge < -0.3 is 28.3 Å². The van der Waals surface area contributed by atoms with Crippen LogP contribution in [0, 0.1) is 0 Å². The first-order valence-electron chi connectivity index (χ1n) is 10.2. The van der Waals surface area contributed by atoms with Crippen molar-refractivity contribution in [2.24, 2.45) is 0 Å². The van der Waals surface area contributed by atoms with Gasteiger partial charge in [0.25, 0.3) is 0 Å². The van der Waals surface area contributed by atoms with Crippen molar-refractivity contribution in [3.63, 3.8) is 0 Å². The molecule has 8 nitrogen and oxygen atoms in total. The molecule has 0 N–H and O–H groups in total. The van der Waals surface area contributed by atoms with Gasteiger partial charge in [-0.3, -0.25) is 0 Å². The summed E-state index contributed by atoms with van der Waals surface area (Å²) in [6, 6.07) is 7.85. The average Bonchev–Trinajstić information content (AvgIpc) is 3.45. The summed E-state index contributed by atoms with van der Waals surface area (Å²) >= 11 is 6.26. The van der Waals surface area contributed by atoms with Gasteiger partial charge in [0.15, 0.2) is 23.5 Å². The molecule has 162 valence electrons. The molecule has 0 saturated carbocycles. The summed E-state index contributed by atoms with van der Waals surface area (Å²) in [7, 11) is 0. The first-order valence-corrected chi connectivity index (χ1v) is 10.6. The summed E-state index contributed by atoms with van der Waals surface area (Å²) in [5.41, 5.74) is 1.12. The molecule has 0 unspecified atom stereocenters. The van der Waals surface area contributed by atoms with Crippen LogP contribution in [0.5, 0.6) is 11.5 Å². The number of hydrogen-bond acceptors (Lipinski definition) is 7. The van der Waals surface area contributed by atoms with E-state index >= 15 is 0 Å². The monoisotopic (exact) mass is 443 g/mol. The maximum Gasteiger partial charge on any atom is 0.231 e. The number of rotatable bonds is 3. The summed E-state index contributed by atoms with van der Waals surface area (Å²) in [5, 5.41) is 1.18. The molecule has 2 fully saturated rings. The summed E-state index contributed by atoms with van der Waals surface area (Å²) < 4.78 is 32.3. The minimum Gasteiger partial charge on any atom is -0.454 e. The van der Waals surface area contributed by atoms with Gasteiger partial charge in [0.05, 0.1) is 11.5 Å². The smallest absolute Gasteiger partial charge is 0.231 e. The van der Waals surface area contributed by atoms with Crippen molar-refractivity contribution in [3.8, 4) is 11.5 Å². The predicted octanol–water partition coefficient (Wildman–Crippen LogP) is 3.86. The van der Waals surface area contributed by atoms with Gasteiger partial charge in [-0.25, -0.2) is 9.97 Å². The first kappa shape index (κ1) is 19.3. The maximum absolute atomic E-state index is 6.58. The minimum atomic E-state index is -0.732. The van der Waals surface area contributed by atoms with Crippen LogP contribution in [-0.4, -0.2) is 44.9 Å². The van der Waals surface area contributed by atoms with Crippen molar-refractivity contribution in [3.05, 3.63) is 47.5 Å². The zero-order valence-corrected chi connectivity index (χ0v) is 18.1. The minimum absolute atomic E-state index is 0.247. The van der Waals surface area contributed by atoms with Gasteiger partial charge in [-0.15, -0.1) is 0 Å². The second-order valence-electron chi connectivity index (χ2n) is 8.76. The topological polar surface area (TPSA) is 76.9 Å². The number of halogens is 1. The van der Waals surface area contributed by atoms with Gasteiger partial charge in [0.2, 0.25) is 6.79 Å². The Bertz CT molecular complexity index is 1180. The molecule has 3 aliphatic rings. The predicted molar refractivity (Wildman–Crippen MR) is 111 cm³/mol. The molecule has 0 bridgehead atoms. The summed E-state index contributed by atoms with van der Waals surface area (Å²) in [5.74, 6) is 0.778. The fourth-order valence-electron chi connectivity index (χ4n) is 4.89. The SMILES string of the molecule is CC1(C)O[C@H]2[C@H](n3ccc4c(Cl)ncnc43)O[C@H](Cc3ccc4c(c3)OCO4)[C@@]2(C)O1. The highest BCUT2D eigenvalue weighted by molar-refractivity contribution is 6.33. The van der Waals surface area contributed by atoms with E-state index in [9.17, 15) is 0 Å². The van der Waals surface area contributed by atoms with Gasteiger partial charge >= 0.3 is 0 Å². The fourth-order valence-corrected chi connectivity index (χ4v) is 5.08. The van der Waals surface area contributed by atoms with Crippen molar-refractivity contribution in [1.82, 2.24) is 14.5 Å². The Hall–Kier alpha value is -2.39. The molecule has 2 saturated heterocycles. The van der Waals surface area contributed by atoms with Crippen LogP contribution in [0.2, 0.25) is 5.15 Å². The quantitative estimate of drug-likeness (QED) is 0.569. The number of fused-ring (bicyclic) bond motifs is 3. The Morgan fingerprint density at radius 2 is 1.97 bits per heavy atom. The standard InChI is InChI=1S/C22H22ClN3O5/c1-21(2)30-17-20(26-7-6-13-18(23)24-10-25-19(13)26)29-16(22(17,3)31-21)9-12-4-5-14-15(8-12)28-11-27-14/h4-8,10,16-17,20H,9,11H2,1-3H3/t16-,17+,20-,22-/m1/s1. The molecule has 0 radical (unpaired) electrons. The molecule has 2 aromatic heterocycles. The molecule has 3 aliphatic heterocycles. The molecule has 0 aliphatic carbocycles. The van der Waals surface area contributed by atoms with Gasteiger partial charge in [-0.1, -0.05) is 17.7 Å². The van der Waals surface area contributed by atoms with Crippen LogP contribution in [0.4, 0.5) is 0 Å². The van der Waals surface area contributed by atoms with E-state index in [0.29, 0.717) is 17.2 Å². The maximum atomic E-state index is 6.58. The second-order valence-corrected chi connectivity index (χ2v) is 9.11. The van der Waals surface area contributed by atoms with E-state index in [1.165, 1.54) is 6.33 Å². The van der Waals surface area contributed by atoms with E-state index in [1.807, 2.05) is 48.9 Å². The first-order chi connectivity index (χ1) is 14.8. The highest BCUT2D eigenvalue weighted by Gasteiger charge is 2.63. The van der Waals surface area contributed by atoms with Gasteiger partial charge in [-0.05, 0) is 44.5 Å². The number of nitrogens with zero attached hydrogens (tertiary/aromatic N) is 3. The zero-order chi connectivity index (χ0) is 21.4. The average molecular weight is 444 g/mol. The molecule has 0 spiro atoms. The van der Waals surface area contributed by atoms with E-state index < -0.39 is 17.6 Å². The highest BCUT2D eigenvalue weighted by Crippen LogP contribution is 2.51. The molecule has 9 heteroatoms. The summed E-state index contributed by atoms with van der Waals surface area (Å²) in [6.45, 7) is 6.16. The lowest BCUT2D eigenvalue weighted by Crippen LogP contribution is -2.44. The third kappa shape index (κ3) is 2.93. The molecular formula is C22H22ClN3O5. The third-order valence-electron chi connectivity index (χ3n) is 6.24. The van der Waals surface area contributed by atoms with E-state index in [0.717, 1.165) is 22.4 Å². The summed E-state index contributed by atoms with van der Waals surface area (Å²) in [6.07, 6.45) is 3.00. The third-order valence-corrected chi connectivity index (χ3v) is 6.54. The van der Waals surface area contributed by atoms with Crippen LogP contribution < -0.4 is 9.47 Å². The van der Waals surface area contributed by atoms with Crippen LogP contribution in [0.15, 0.2) is 36.8 Å². The molecule has 5 heterocycles. The largest absolute Gasteiger partial charge is 0.454 e. The molecular weight excluding hydrogens is 422 g/mol. The van der Waals surface area contributed by atoms with E-state index in [1.54, 1.807) is 0 Å². The van der Waals surface area contributed by atoms with Crippen molar-refractivity contribution in [2.75, 3.05) is 6.79 Å². The number of ether oxygens (including phenoxy) is 5. The Morgan fingerprint density at radius 3 is 2.84 bits per heavy atom. The van der Waals surface area contributed by atoms with Crippen LogP contribution in [0.1, 0.15) is 32.6 Å². The lowest BCUT2D eigenvalue weighted by molar-refractivity contribution is -0.209. The second kappa shape index (κ2) is 6.56. The Morgan fingerprint density at radius 1 is 1.13 bits per heavy atom. The molecule has 4 atom stereocenters. The normalized spacial score (nSPS) is 30.8. The highest BCUT2D eigenvalue weighted by atomic mass is 35.5. The number of aromatic nitrogens is 3. The Labute approximate surface area is 184 Å². The molecule has 6 rings (SSSR count). The van der Waals surface area contributed by atoms with Crippen LogP contribution >= 0.6 is 11.6 Å². The molecule has 3 aromatic rings. The van der Waals surface area contributed by atoms with Gasteiger partial charge in [0, 0.05) is 12.6 Å². The van der Waals surface area contributed by atoms with Crippen LogP contribution in [0.3, 0.4) is 0 Å². The van der Waals surface area contributed by atoms with Crippen molar-refractivity contribution in [2.45, 2.75) is 57.0 Å². The molecule has 0 amide bonds. The Kier molecular flexibility index (Phi) is 4.08. The lowest BCUT2D eigenvalue weighted by Gasteiger charge is -2.29. The zero-order valence-electron chi connectivity index (χ0n) is 17.4. The lowest BCUT2D eigenvalue weighted by atomic mass is 9.90. The van der Waals surface area contributed by atoms with Crippen molar-refractivity contribution < 1.29 is 23.7 Å². The van der Waals surface area contributed by atoms with E-state index in [4.69, 9.17) is 35.3 Å².